The van der Waals surface area contributed by atoms with Crippen LogP contribution in [-0.4, -0.2) is 31.9 Å². The summed E-state index contributed by atoms with van der Waals surface area (Å²) in [7, 11) is 0. The fourth-order valence-electron chi connectivity index (χ4n) is 1.11. The molecule has 0 atom stereocenters. The third-order valence-electron chi connectivity index (χ3n) is 2.17. The molecule has 0 bridgehead atoms. The average molecular weight is 258 g/mol. The van der Waals surface area contributed by atoms with Gasteiger partial charge >= 0.3 is 6.03 Å². The van der Waals surface area contributed by atoms with Gasteiger partial charge in [0.2, 0.25) is 6.41 Å². The average Bonchev–Trinajstić information content (AvgIpc) is 2.36. The first-order valence-corrected chi connectivity index (χ1v) is 6.80. The second kappa shape index (κ2) is 12.5. The Morgan fingerprint density at radius 2 is 1.72 bits per heavy atom. The van der Waals surface area contributed by atoms with Gasteiger partial charge in [-0.1, -0.05) is 33.6 Å². The molecule has 106 valence electrons. The van der Waals surface area contributed by atoms with Gasteiger partial charge in [0.05, 0.1) is 13.2 Å². The van der Waals surface area contributed by atoms with Crippen LogP contribution in [0.25, 0.3) is 0 Å². The third kappa shape index (κ3) is 10.2. The van der Waals surface area contributed by atoms with E-state index < -0.39 is 12.4 Å². The largest absolute Gasteiger partial charge is 0.344 e. The van der Waals surface area contributed by atoms with Crippen LogP contribution in [0.15, 0.2) is 4.99 Å². The number of aliphatic imine (C=N–C) groups is 1. The minimum atomic E-state index is -0.690. The molecule has 2 amide bonds. The van der Waals surface area contributed by atoms with Crippen LogP contribution >= 0.6 is 0 Å². The Hall–Kier alpha value is -0.940. The highest BCUT2D eigenvalue weighted by Crippen LogP contribution is 1.98. The lowest BCUT2D eigenvalue weighted by atomic mass is 10.4. The molecule has 0 saturated heterocycles. The molecule has 1 N–H and O–H groups in total. The van der Waals surface area contributed by atoms with Crippen molar-refractivity contribution in [1.29, 1.82) is 0 Å². The zero-order chi connectivity index (χ0) is 13.6. The van der Waals surface area contributed by atoms with Crippen molar-refractivity contribution in [2.45, 2.75) is 59.3 Å². The van der Waals surface area contributed by atoms with Crippen molar-refractivity contribution < 1.29 is 14.3 Å². The number of urea groups is 1. The van der Waals surface area contributed by atoms with E-state index in [1.54, 1.807) is 6.21 Å². The number of unbranched alkanes of at least 4 members (excludes halogenated alkanes) is 2. The fourth-order valence-corrected chi connectivity index (χ4v) is 1.11. The number of carbonyl (C=O) groups is 1. The van der Waals surface area contributed by atoms with Crippen LogP contribution in [0.1, 0.15) is 52.9 Å². The van der Waals surface area contributed by atoms with E-state index in [0.29, 0.717) is 13.2 Å². The quantitative estimate of drug-likeness (QED) is 0.372. The van der Waals surface area contributed by atoms with Crippen LogP contribution in [0, 0.1) is 0 Å². The summed E-state index contributed by atoms with van der Waals surface area (Å²) >= 11 is 0. The van der Waals surface area contributed by atoms with Gasteiger partial charge in [-0.05, 0) is 19.3 Å². The van der Waals surface area contributed by atoms with Crippen molar-refractivity contribution in [3.8, 4) is 0 Å². The molecule has 5 nitrogen and oxygen atoms in total. The molecule has 0 aromatic carbocycles. The van der Waals surface area contributed by atoms with Gasteiger partial charge in [-0.25, -0.2) is 9.79 Å². The number of ether oxygens (including phenoxy) is 2. The number of rotatable bonds is 10. The summed E-state index contributed by atoms with van der Waals surface area (Å²) in [5.41, 5.74) is 0. The summed E-state index contributed by atoms with van der Waals surface area (Å²) in [6, 6.07) is -0.421. The van der Waals surface area contributed by atoms with E-state index in [-0.39, 0.29) is 0 Å². The lowest BCUT2D eigenvalue weighted by molar-refractivity contribution is -0.153. The molecule has 0 aromatic rings. The molecule has 0 aromatic heterocycles. The van der Waals surface area contributed by atoms with Gasteiger partial charge in [-0.2, -0.15) is 0 Å². The zero-order valence-electron chi connectivity index (χ0n) is 11.8. The molecular weight excluding hydrogens is 232 g/mol. The molecular formula is C13H26N2O3. The molecule has 0 radical (unpaired) electrons. The standard InChI is InChI=1S/C13H26N2O3/c1-4-7-10-17-13(18-11-8-5-2)15-12(16)14-9-6-3/h9,13H,4-8,10-11H2,1-3H3,(H,15,16). The summed E-state index contributed by atoms with van der Waals surface area (Å²) in [4.78, 5) is 15.1. The molecule has 0 aliphatic carbocycles. The second-order valence-corrected chi connectivity index (χ2v) is 3.95. The molecule has 0 aliphatic rings. The lowest BCUT2D eigenvalue weighted by Crippen LogP contribution is -2.38. The first-order chi connectivity index (χ1) is 8.74. The van der Waals surface area contributed by atoms with Gasteiger partial charge in [0, 0.05) is 6.21 Å². The Labute approximate surface area is 110 Å². The van der Waals surface area contributed by atoms with E-state index in [0.717, 1.165) is 32.1 Å². The summed E-state index contributed by atoms with van der Waals surface area (Å²) in [5.74, 6) is 0. The summed E-state index contributed by atoms with van der Waals surface area (Å²) in [6.45, 7) is 7.24. The zero-order valence-corrected chi connectivity index (χ0v) is 11.8. The number of nitrogens with one attached hydrogen (secondary N) is 1. The maximum absolute atomic E-state index is 11.4. The number of hydrogen-bond acceptors (Lipinski definition) is 3. The Morgan fingerprint density at radius 3 is 2.17 bits per heavy atom. The van der Waals surface area contributed by atoms with Crippen molar-refractivity contribution in [1.82, 2.24) is 5.32 Å². The first kappa shape index (κ1) is 17.1. The minimum absolute atomic E-state index is 0.421. The number of carbonyl (C=O) groups excluding carboxylic acids is 1. The number of nitrogens with zero attached hydrogens (tertiary/aromatic N) is 1. The molecule has 0 rings (SSSR count). The first-order valence-electron chi connectivity index (χ1n) is 6.80. The van der Waals surface area contributed by atoms with Crippen LogP contribution in [0.4, 0.5) is 4.79 Å². The topological polar surface area (TPSA) is 59.9 Å². The Bertz CT molecular complexity index is 222. The predicted molar refractivity (Wildman–Crippen MR) is 72.8 cm³/mol. The van der Waals surface area contributed by atoms with Crippen molar-refractivity contribution >= 4 is 12.2 Å². The van der Waals surface area contributed by atoms with Crippen LogP contribution in [-0.2, 0) is 9.47 Å². The summed E-state index contributed by atoms with van der Waals surface area (Å²) in [5, 5.41) is 2.59. The van der Waals surface area contributed by atoms with Crippen LogP contribution in [0.3, 0.4) is 0 Å². The van der Waals surface area contributed by atoms with Crippen LogP contribution < -0.4 is 5.32 Å². The highest BCUT2D eigenvalue weighted by molar-refractivity contribution is 5.83. The van der Waals surface area contributed by atoms with E-state index in [9.17, 15) is 4.79 Å². The summed E-state index contributed by atoms with van der Waals surface area (Å²) in [6.07, 6.45) is 5.58. The molecule has 5 heteroatoms. The fraction of sp³-hybridized carbons (Fsp3) is 0.846. The number of hydrogen-bond donors (Lipinski definition) is 1. The smallest absolute Gasteiger partial charge is 0.335 e. The molecule has 0 fully saturated rings. The molecule has 0 unspecified atom stereocenters. The van der Waals surface area contributed by atoms with Gasteiger partial charge in [-0.15, -0.1) is 0 Å². The van der Waals surface area contributed by atoms with E-state index in [2.05, 4.69) is 24.2 Å². The second-order valence-electron chi connectivity index (χ2n) is 3.95. The third-order valence-corrected chi connectivity index (χ3v) is 2.17. The van der Waals surface area contributed by atoms with Gasteiger partial charge in [-0.3, -0.25) is 5.32 Å². The van der Waals surface area contributed by atoms with E-state index in [4.69, 9.17) is 9.47 Å². The van der Waals surface area contributed by atoms with Gasteiger partial charge in [0.1, 0.15) is 0 Å². The Kier molecular flexibility index (Phi) is 11.9. The normalized spacial score (nSPS) is 11.3. The van der Waals surface area contributed by atoms with Gasteiger partial charge < -0.3 is 9.47 Å². The van der Waals surface area contributed by atoms with Crippen molar-refractivity contribution in [2.24, 2.45) is 4.99 Å². The summed E-state index contributed by atoms with van der Waals surface area (Å²) < 4.78 is 10.9. The maximum atomic E-state index is 11.4. The van der Waals surface area contributed by atoms with Crippen molar-refractivity contribution in [2.75, 3.05) is 13.2 Å². The van der Waals surface area contributed by atoms with Gasteiger partial charge in [0.25, 0.3) is 0 Å². The Balaban J connectivity index is 4.01. The molecule has 0 spiro atoms. The van der Waals surface area contributed by atoms with Crippen molar-refractivity contribution in [3.05, 3.63) is 0 Å². The van der Waals surface area contributed by atoms with Crippen LogP contribution in [0.5, 0.6) is 0 Å². The molecule has 0 saturated carbocycles. The van der Waals surface area contributed by atoms with E-state index >= 15 is 0 Å². The van der Waals surface area contributed by atoms with Crippen LogP contribution in [0.2, 0.25) is 0 Å². The monoisotopic (exact) mass is 258 g/mol. The number of amides is 2. The van der Waals surface area contributed by atoms with Gasteiger partial charge in [0.15, 0.2) is 0 Å². The maximum Gasteiger partial charge on any atom is 0.344 e. The molecule has 0 heterocycles. The van der Waals surface area contributed by atoms with E-state index in [1.165, 1.54) is 0 Å². The highest BCUT2D eigenvalue weighted by Gasteiger charge is 2.11. The highest BCUT2D eigenvalue weighted by atomic mass is 16.7. The predicted octanol–water partition coefficient (Wildman–Crippen LogP) is 3.09. The minimum Gasteiger partial charge on any atom is -0.335 e. The molecule has 18 heavy (non-hydrogen) atoms. The lowest BCUT2D eigenvalue weighted by Gasteiger charge is -2.18. The van der Waals surface area contributed by atoms with E-state index in [1.807, 2.05) is 6.92 Å². The Morgan fingerprint density at radius 1 is 1.17 bits per heavy atom. The SMILES string of the molecule is CCC=NC(=O)NC(OCCCC)OCCCC. The molecule has 0 aliphatic heterocycles. The van der Waals surface area contributed by atoms with Crippen molar-refractivity contribution in [3.63, 3.8) is 0 Å².